The van der Waals surface area contributed by atoms with Gasteiger partial charge in [0, 0.05) is 6.07 Å². The molecular weight excluding hydrogens is 361 g/mol. The van der Waals surface area contributed by atoms with E-state index in [-0.39, 0.29) is 11.4 Å². The van der Waals surface area contributed by atoms with Crippen molar-refractivity contribution < 1.29 is 22.4 Å². The Kier molecular flexibility index (Phi) is 5.11. The Morgan fingerprint density at radius 3 is 2.63 bits per heavy atom. The van der Waals surface area contributed by atoms with Gasteiger partial charge in [-0.2, -0.15) is 13.2 Å². The van der Waals surface area contributed by atoms with Crippen LogP contribution in [0.15, 0.2) is 53.1 Å². The minimum atomic E-state index is -4.58. The van der Waals surface area contributed by atoms with Gasteiger partial charge in [-0.1, -0.05) is 12.1 Å². The van der Waals surface area contributed by atoms with Crippen molar-refractivity contribution in [2.45, 2.75) is 19.6 Å². The lowest BCUT2D eigenvalue weighted by atomic mass is 10.1. The summed E-state index contributed by atoms with van der Waals surface area (Å²) in [5.41, 5.74) is -1.32. The number of halogens is 3. The van der Waals surface area contributed by atoms with Gasteiger partial charge in [0.15, 0.2) is 0 Å². The van der Waals surface area contributed by atoms with Gasteiger partial charge in [0.25, 0.3) is 5.91 Å². The molecule has 0 unspecified atom stereocenters. The van der Waals surface area contributed by atoms with Crippen LogP contribution in [0.2, 0.25) is 0 Å². The molecule has 0 saturated heterocycles. The highest BCUT2D eigenvalue weighted by Gasteiger charge is 2.33. The summed E-state index contributed by atoms with van der Waals surface area (Å²) in [4.78, 5) is 20.6. The summed E-state index contributed by atoms with van der Waals surface area (Å²) in [5, 5.41) is 5.24. The van der Waals surface area contributed by atoms with Gasteiger partial charge < -0.3 is 15.1 Å². The fourth-order valence-electron chi connectivity index (χ4n) is 2.39. The van der Waals surface area contributed by atoms with Gasteiger partial charge in [-0.15, -0.1) is 0 Å². The maximum Gasteiger partial charge on any atom is 0.418 e. The van der Waals surface area contributed by atoms with Crippen LogP contribution in [0.1, 0.15) is 27.6 Å². The highest BCUT2D eigenvalue weighted by atomic mass is 19.4. The molecule has 9 heteroatoms. The quantitative estimate of drug-likeness (QED) is 0.695. The summed E-state index contributed by atoms with van der Waals surface area (Å²) in [6.07, 6.45) is -3.06. The lowest BCUT2D eigenvalue weighted by Crippen LogP contribution is -2.18. The van der Waals surface area contributed by atoms with E-state index in [4.69, 9.17) is 4.42 Å². The number of nitrogens with one attached hydrogen (secondary N) is 2. The number of aryl methyl sites for hydroxylation is 1. The second-order valence-corrected chi connectivity index (χ2v) is 5.62. The van der Waals surface area contributed by atoms with E-state index in [0.717, 1.165) is 6.07 Å². The predicted molar refractivity (Wildman–Crippen MR) is 92.2 cm³/mol. The number of nitrogens with zero attached hydrogens (tertiary/aromatic N) is 2. The topological polar surface area (TPSA) is 80.0 Å². The Balaban J connectivity index is 1.79. The van der Waals surface area contributed by atoms with Gasteiger partial charge in [-0.25, -0.2) is 9.97 Å². The lowest BCUT2D eigenvalue weighted by Gasteiger charge is -2.13. The summed E-state index contributed by atoms with van der Waals surface area (Å²) in [6, 6.07) is 9.61. The minimum absolute atomic E-state index is 0.0542. The molecule has 0 fully saturated rings. The maximum atomic E-state index is 13.1. The third-order valence-electron chi connectivity index (χ3n) is 3.58. The van der Waals surface area contributed by atoms with Crippen LogP contribution >= 0.6 is 0 Å². The second-order valence-electron chi connectivity index (χ2n) is 5.62. The van der Waals surface area contributed by atoms with E-state index < -0.39 is 17.6 Å². The molecule has 6 nitrogen and oxygen atoms in total. The number of alkyl halides is 3. The van der Waals surface area contributed by atoms with Crippen molar-refractivity contribution in [3.05, 3.63) is 71.6 Å². The molecular formula is C18H15F3N4O2. The van der Waals surface area contributed by atoms with Gasteiger partial charge in [-0.05, 0) is 31.2 Å². The van der Waals surface area contributed by atoms with Crippen molar-refractivity contribution in [1.82, 2.24) is 9.97 Å². The van der Waals surface area contributed by atoms with E-state index >= 15 is 0 Å². The van der Waals surface area contributed by atoms with Crippen molar-refractivity contribution in [3.8, 4) is 0 Å². The molecule has 27 heavy (non-hydrogen) atoms. The molecule has 0 bridgehead atoms. The predicted octanol–water partition coefficient (Wildman–Crippen LogP) is 4.26. The van der Waals surface area contributed by atoms with Crippen molar-refractivity contribution in [2.24, 2.45) is 0 Å². The summed E-state index contributed by atoms with van der Waals surface area (Å²) >= 11 is 0. The van der Waals surface area contributed by atoms with Crippen LogP contribution in [0.3, 0.4) is 0 Å². The third kappa shape index (κ3) is 4.63. The highest BCUT2D eigenvalue weighted by Crippen LogP contribution is 2.34. The zero-order valence-corrected chi connectivity index (χ0v) is 14.2. The van der Waals surface area contributed by atoms with Crippen molar-refractivity contribution >= 4 is 17.4 Å². The van der Waals surface area contributed by atoms with Crippen LogP contribution in [-0.2, 0) is 12.7 Å². The van der Waals surface area contributed by atoms with Crippen LogP contribution < -0.4 is 10.6 Å². The zero-order chi connectivity index (χ0) is 19.4. The number of amides is 1. The lowest BCUT2D eigenvalue weighted by molar-refractivity contribution is -0.136. The van der Waals surface area contributed by atoms with Crippen LogP contribution in [0, 0.1) is 6.92 Å². The van der Waals surface area contributed by atoms with E-state index in [2.05, 4.69) is 20.6 Å². The number of carbonyl (C=O) groups excluding carboxylic acids is 1. The Morgan fingerprint density at radius 1 is 1.15 bits per heavy atom. The molecule has 1 amide bonds. The Labute approximate surface area is 152 Å². The van der Waals surface area contributed by atoms with E-state index in [1.807, 2.05) is 0 Å². The van der Waals surface area contributed by atoms with Crippen molar-refractivity contribution in [2.75, 3.05) is 10.6 Å². The molecule has 0 atom stereocenters. The van der Waals surface area contributed by atoms with Crippen molar-refractivity contribution in [3.63, 3.8) is 0 Å². The Bertz CT molecular complexity index is 940. The first-order valence-corrected chi connectivity index (χ1v) is 7.92. The van der Waals surface area contributed by atoms with E-state index in [1.165, 1.54) is 30.5 Å². The van der Waals surface area contributed by atoms with Gasteiger partial charge in [-0.3, -0.25) is 4.79 Å². The first-order valence-electron chi connectivity index (χ1n) is 7.92. The molecule has 0 radical (unpaired) electrons. The molecule has 3 rings (SSSR count). The average molecular weight is 376 g/mol. The molecule has 0 aliphatic carbocycles. The number of furan rings is 1. The van der Waals surface area contributed by atoms with Gasteiger partial charge >= 0.3 is 6.18 Å². The highest BCUT2D eigenvalue weighted by molar-refractivity contribution is 6.03. The zero-order valence-electron chi connectivity index (χ0n) is 14.2. The summed E-state index contributed by atoms with van der Waals surface area (Å²) in [7, 11) is 0. The third-order valence-corrected chi connectivity index (χ3v) is 3.58. The molecule has 1 aromatic carbocycles. The summed E-state index contributed by atoms with van der Waals surface area (Å²) in [6.45, 7) is 1.92. The number of carbonyl (C=O) groups is 1. The average Bonchev–Trinajstić information content (AvgIpc) is 3.12. The van der Waals surface area contributed by atoms with Crippen molar-refractivity contribution in [1.29, 1.82) is 0 Å². The smallest absolute Gasteiger partial charge is 0.418 e. The number of para-hydroxylation sites is 1. The number of hydrogen-bond donors (Lipinski definition) is 2. The first-order chi connectivity index (χ1) is 12.8. The summed E-state index contributed by atoms with van der Waals surface area (Å²) in [5.74, 6) is 0.552. The van der Waals surface area contributed by atoms with E-state index in [9.17, 15) is 18.0 Å². The number of benzene rings is 1. The standard InChI is InChI=1S/C18H15F3N4O2/c1-11-23-15(9-16(24-11)22-10-12-5-4-8-27-12)17(26)25-14-7-3-2-6-13(14)18(19,20)21/h2-9H,10H2,1H3,(H,25,26)(H,22,23,24). The minimum Gasteiger partial charge on any atom is -0.467 e. The molecule has 2 N–H and O–H groups in total. The molecule has 140 valence electrons. The monoisotopic (exact) mass is 376 g/mol. The van der Waals surface area contributed by atoms with Gasteiger partial charge in [0.2, 0.25) is 0 Å². The Hall–Kier alpha value is -3.36. The second kappa shape index (κ2) is 7.48. The molecule has 0 aliphatic rings. The number of rotatable bonds is 5. The molecule has 3 aromatic rings. The van der Waals surface area contributed by atoms with Crippen LogP contribution in [-0.4, -0.2) is 15.9 Å². The number of aromatic nitrogens is 2. The van der Waals surface area contributed by atoms with Gasteiger partial charge in [0.1, 0.15) is 23.1 Å². The number of anilines is 2. The molecule has 0 spiro atoms. The largest absolute Gasteiger partial charge is 0.467 e. The number of hydrogen-bond acceptors (Lipinski definition) is 5. The molecule has 0 aliphatic heterocycles. The van der Waals surface area contributed by atoms with Crippen LogP contribution in [0.25, 0.3) is 0 Å². The van der Waals surface area contributed by atoms with Crippen LogP contribution in [0.4, 0.5) is 24.7 Å². The van der Waals surface area contributed by atoms with Gasteiger partial charge in [0.05, 0.1) is 24.1 Å². The summed E-state index contributed by atoms with van der Waals surface area (Å²) < 4.78 is 44.4. The van der Waals surface area contributed by atoms with Crippen LogP contribution in [0.5, 0.6) is 0 Å². The Morgan fingerprint density at radius 2 is 1.93 bits per heavy atom. The fourth-order valence-corrected chi connectivity index (χ4v) is 2.39. The molecule has 2 aromatic heterocycles. The normalized spacial score (nSPS) is 11.3. The molecule has 2 heterocycles. The fraction of sp³-hybridized carbons (Fsp3) is 0.167. The maximum absolute atomic E-state index is 13.1. The first kappa shape index (κ1) is 18.4. The van der Waals surface area contributed by atoms with E-state index in [0.29, 0.717) is 23.9 Å². The van der Waals surface area contributed by atoms with E-state index in [1.54, 1.807) is 19.1 Å². The SMILES string of the molecule is Cc1nc(NCc2ccco2)cc(C(=O)Nc2ccccc2C(F)(F)F)n1. The molecule has 0 saturated carbocycles.